The lowest BCUT2D eigenvalue weighted by atomic mass is 9.86. The Morgan fingerprint density at radius 2 is 0.549 bits per heavy atom. The summed E-state index contributed by atoms with van der Waals surface area (Å²) >= 11 is 0. The van der Waals surface area contributed by atoms with Crippen LogP contribution < -0.4 is 9.80 Å². The lowest BCUT2D eigenvalue weighted by molar-refractivity contribution is 0.591. The standard InChI is InChI=1S/C78H58N4/c1-78(2,3)55-40-47-73-69(50-55)71-52-63(80(58-26-12-6-13-27-58)59-28-14-7-15-29-59)46-49-75(71)82(73)61-43-38-54(39-44-61)77-67-33-18-16-31-65(67)76(66-32-17-19-34-68(66)77)53-36-41-60(42-37-53)81-72-35-21-20-30-64(72)70-51-62(45-48-74(70)81)79(56-22-8-4-9-23-56)57-24-10-5-11-25-57/h4-52H,1-3H3. The van der Waals surface area contributed by atoms with Gasteiger partial charge in [-0.2, -0.15) is 0 Å². The average Bonchev–Trinajstić information content (AvgIpc) is 4.19. The predicted molar refractivity (Wildman–Crippen MR) is 349 cm³/mol. The number of para-hydroxylation sites is 5. The SMILES string of the molecule is CC(C)(C)c1ccc2c(c1)c1cc(N(c3ccccc3)c3ccccc3)ccc1n2-c1ccc(-c2c3ccccc3c(-c3ccc(-n4c5ccccc5c5cc(N(c6ccccc6)c6ccccc6)ccc54)cc3)c3ccccc23)cc1. The van der Waals surface area contributed by atoms with Crippen molar-refractivity contribution >= 4 is 99.3 Å². The third kappa shape index (κ3) is 8.22. The van der Waals surface area contributed by atoms with E-state index in [0.29, 0.717) is 0 Å². The van der Waals surface area contributed by atoms with Crippen LogP contribution in [0, 0.1) is 0 Å². The fraction of sp³-hybridized carbons (Fsp3) is 0.0513. The topological polar surface area (TPSA) is 16.3 Å². The lowest BCUT2D eigenvalue weighted by Crippen LogP contribution is -2.10. The molecule has 0 saturated carbocycles. The van der Waals surface area contributed by atoms with E-state index in [1.54, 1.807) is 0 Å². The fourth-order valence-electron chi connectivity index (χ4n) is 12.8. The minimum absolute atomic E-state index is 0.0125. The molecule has 0 aliphatic heterocycles. The van der Waals surface area contributed by atoms with Gasteiger partial charge in [-0.3, -0.25) is 0 Å². The van der Waals surface area contributed by atoms with Crippen molar-refractivity contribution in [3.8, 4) is 33.6 Å². The average molecular weight is 1050 g/mol. The number of rotatable bonds is 10. The first kappa shape index (κ1) is 48.7. The third-order valence-corrected chi connectivity index (χ3v) is 16.6. The van der Waals surface area contributed by atoms with Gasteiger partial charge in [0.05, 0.1) is 22.1 Å². The molecule has 390 valence electrons. The van der Waals surface area contributed by atoms with Crippen LogP contribution in [0.1, 0.15) is 26.3 Å². The number of anilines is 6. The summed E-state index contributed by atoms with van der Waals surface area (Å²) in [7, 11) is 0. The monoisotopic (exact) mass is 1050 g/mol. The molecule has 15 rings (SSSR count). The highest BCUT2D eigenvalue weighted by Crippen LogP contribution is 2.47. The summed E-state index contributed by atoms with van der Waals surface area (Å²) in [5, 5.41) is 9.81. The molecule has 2 aromatic heterocycles. The molecular formula is C78H58N4. The van der Waals surface area contributed by atoms with Gasteiger partial charge < -0.3 is 18.9 Å². The smallest absolute Gasteiger partial charge is 0.0542 e. The molecule has 4 nitrogen and oxygen atoms in total. The van der Waals surface area contributed by atoms with Crippen molar-refractivity contribution < 1.29 is 0 Å². The van der Waals surface area contributed by atoms with Crippen molar-refractivity contribution in [3.05, 3.63) is 303 Å². The maximum atomic E-state index is 2.45. The first-order valence-corrected chi connectivity index (χ1v) is 28.4. The molecule has 82 heavy (non-hydrogen) atoms. The van der Waals surface area contributed by atoms with E-state index in [4.69, 9.17) is 0 Å². The van der Waals surface area contributed by atoms with Gasteiger partial charge in [0.2, 0.25) is 0 Å². The number of benzene rings is 13. The van der Waals surface area contributed by atoms with Crippen LogP contribution in [0.5, 0.6) is 0 Å². The van der Waals surface area contributed by atoms with Crippen molar-refractivity contribution in [2.24, 2.45) is 0 Å². The molecule has 0 amide bonds. The van der Waals surface area contributed by atoms with Crippen LogP contribution in [-0.2, 0) is 5.41 Å². The van der Waals surface area contributed by atoms with Gasteiger partial charge in [-0.05, 0) is 182 Å². The van der Waals surface area contributed by atoms with Gasteiger partial charge in [0.15, 0.2) is 0 Å². The van der Waals surface area contributed by atoms with Crippen molar-refractivity contribution in [1.29, 1.82) is 0 Å². The van der Waals surface area contributed by atoms with Gasteiger partial charge in [0.1, 0.15) is 0 Å². The minimum atomic E-state index is -0.0125. The Morgan fingerprint density at radius 3 is 0.927 bits per heavy atom. The highest BCUT2D eigenvalue weighted by atomic mass is 15.1. The zero-order chi connectivity index (χ0) is 54.9. The van der Waals surface area contributed by atoms with E-state index in [1.807, 2.05) is 0 Å². The van der Waals surface area contributed by atoms with Gasteiger partial charge in [0.25, 0.3) is 0 Å². The normalized spacial score (nSPS) is 11.8. The quantitative estimate of drug-likeness (QED) is 0.127. The van der Waals surface area contributed by atoms with Crippen molar-refractivity contribution in [2.45, 2.75) is 26.2 Å². The van der Waals surface area contributed by atoms with E-state index in [0.717, 1.165) is 45.5 Å². The van der Waals surface area contributed by atoms with E-state index >= 15 is 0 Å². The maximum Gasteiger partial charge on any atom is 0.0542 e. The lowest BCUT2D eigenvalue weighted by Gasteiger charge is -2.25. The Morgan fingerprint density at radius 1 is 0.244 bits per heavy atom. The molecule has 0 bridgehead atoms. The van der Waals surface area contributed by atoms with Gasteiger partial charge >= 0.3 is 0 Å². The molecule has 0 N–H and O–H groups in total. The number of hydrogen-bond donors (Lipinski definition) is 0. The fourth-order valence-corrected chi connectivity index (χ4v) is 12.8. The second-order valence-corrected chi connectivity index (χ2v) is 22.5. The molecule has 0 unspecified atom stereocenters. The summed E-state index contributed by atoms with van der Waals surface area (Å²) in [6, 6.07) is 109. The van der Waals surface area contributed by atoms with Crippen molar-refractivity contribution in [3.63, 3.8) is 0 Å². The van der Waals surface area contributed by atoms with Gasteiger partial charge in [0, 0.05) is 67.0 Å². The number of fused-ring (bicyclic) bond motifs is 8. The Kier molecular flexibility index (Phi) is 11.7. The molecule has 0 aliphatic carbocycles. The zero-order valence-corrected chi connectivity index (χ0v) is 46.1. The first-order chi connectivity index (χ1) is 40.3. The largest absolute Gasteiger partial charge is 0.310 e. The second kappa shape index (κ2) is 19.7. The molecule has 0 aliphatic rings. The number of aromatic nitrogens is 2. The third-order valence-electron chi connectivity index (χ3n) is 16.6. The Labute approximate surface area is 478 Å². The Hall–Kier alpha value is -10.4. The second-order valence-electron chi connectivity index (χ2n) is 22.5. The zero-order valence-electron chi connectivity index (χ0n) is 46.1. The first-order valence-electron chi connectivity index (χ1n) is 28.4. The summed E-state index contributed by atoms with van der Waals surface area (Å²) in [4.78, 5) is 4.70. The molecular weight excluding hydrogens is 993 g/mol. The highest BCUT2D eigenvalue weighted by molar-refractivity contribution is 6.21. The molecule has 15 aromatic rings. The highest BCUT2D eigenvalue weighted by Gasteiger charge is 2.23. The predicted octanol–water partition coefficient (Wildman–Crippen LogP) is 21.8. The van der Waals surface area contributed by atoms with E-state index in [1.165, 1.54) is 93.0 Å². The molecule has 4 heteroatoms. The van der Waals surface area contributed by atoms with Crippen LogP contribution in [0.3, 0.4) is 0 Å². The van der Waals surface area contributed by atoms with Crippen LogP contribution >= 0.6 is 0 Å². The van der Waals surface area contributed by atoms with Crippen LogP contribution in [-0.4, -0.2) is 9.13 Å². The van der Waals surface area contributed by atoms with Crippen LogP contribution in [0.25, 0.3) is 98.8 Å². The van der Waals surface area contributed by atoms with Crippen LogP contribution in [0.15, 0.2) is 297 Å². The molecule has 0 saturated heterocycles. The minimum Gasteiger partial charge on any atom is -0.310 e. The molecule has 13 aromatic carbocycles. The Balaban J connectivity index is 0.824. The summed E-state index contributed by atoms with van der Waals surface area (Å²) in [6.07, 6.45) is 0. The van der Waals surface area contributed by atoms with Gasteiger partial charge in [-0.15, -0.1) is 0 Å². The summed E-state index contributed by atoms with van der Waals surface area (Å²) in [5.41, 5.74) is 19.8. The molecule has 0 atom stereocenters. The van der Waals surface area contributed by atoms with Crippen LogP contribution in [0.4, 0.5) is 34.1 Å². The van der Waals surface area contributed by atoms with E-state index < -0.39 is 0 Å². The van der Waals surface area contributed by atoms with E-state index in [2.05, 4.69) is 337 Å². The molecule has 0 spiro atoms. The van der Waals surface area contributed by atoms with Crippen LogP contribution in [0.2, 0.25) is 0 Å². The summed E-state index contributed by atoms with van der Waals surface area (Å²) in [5.74, 6) is 0. The Bertz CT molecular complexity index is 4720. The van der Waals surface area contributed by atoms with Gasteiger partial charge in [-0.1, -0.05) is 191 Å². The number of hydrogen-bond acceptors (Lipinski definition) is 2. The van der Waals surface area contributed by atoms with E-state index in [9.17, 15) is 0 Å². The maximum absolute atomic E-state index is 2.45. The van der Waals surface area contributed by atoms with Crippen molar-refractivity contribution in [1.82, 2.24) is 9.13 Å². The number of nitrogens with zero attached hydrogens (tertiary/aromatic N) is 4. The molecule has 0 radical (unpaired) electrons. The summed E-state index contributed by atoms with van der Waals surface area (Å²) in [6.45, 7) is 6.90. The van der Waals surface area contributed by atoms with Gasteiger partial charge in [-0.25, -0.2) is 0 Å². The molecule has 2 heterocycles. The summed E-state index contributed by atoms with van der Waals surface area (Å²) < 4.78 is 4.87. The van der Waals surface area contributed by atoms with E-state index in [-0.39, 0.29) is 5.41 Å². The van der Waals surface area contributed by atoms with Crippen molar-refractivity contribution in [2.75, 3.05) is 9.80 Å². The molecule has 0 fully saturated rings.